The molecule has 1 aliphatic rings. The molecule has 2 unspecified atom stereocenters. The Morgan fingerprint density at radius 1 is 1.25 bits per heavy atom. The molecule has 1 aromatic carbocycles. The van der Waals surface area contributed by atoms with Crippen LogP contribution in [0.1, 0.15) is 53.1 Å². The Hall–Kier alpha value is -2.84. The Balaban J connectivity index is 1.92. The first-order valence-corrected chi connectivity index (χ1v) is 8.93. The van der Waals surface area contributed by atoms with Gasteiger partial charge in [0, 0.05) is 18.2 Å². The summed E-state index contributed by atoms with van der Waals surface area (Å²) in [6.45, 7) is 4.75. The van der Waals surface area contributed by atoms with Gasteiger partial charge in [-0.1, -0.05) is 13.8 Å². The van der Waals surface area contributed by atoms with Gasteiger partial charge in [-0.3, -0.25) is 4.79 Å². The van der Waals surface area contributed by atoms with Crippen LogP contribution in [0.2, 0.25) is 0 Å². The fourth-order valence-electron chi connectivity index (χ4n) is 3.67. The molecule has 1 amide bonds. The van der Waals surface area contributed by atoms with Crippen molar-refractivity contribution in [1.29, 1.82) is 0 Å². The molecular weight excluding hydrogens is 375 g/mol. The van der Waals surface area contributed by atoms with E-state index < -0.39 is 23.4 Å². The van der Waals surface area contributed by atoms with Crippen LogP contribution >= 0.6 is 0 Å². The van der Waals surface area contributed by atoms with E-state index in [2.05, 4.69) is 12.0 Å². The first kappa shape index (κ1) is 19.9. The van der Waals surface area contributed by atoms with Gasteiger partial charge < -0.3 is 10.0 Å². The number of carbonyl (C=O) groups excluding carboxylic acids is 1. The second kappa shape index (κ2) is 7.29. The smallest absolute Gasteiger partial charge is 0.434 e. The zero-order valence-electron chi connectivity index (χ0n) is 15.4. The number of aromatic carboxylic acids is 1. The van der Waals surface area contributed by atoms with Gasteiger partial charge in [-0.2, -0.15) is 18.3 Å². The number of hydrogen-bond acceptors (Lipinski definition) is 3. The highest BCUT2D eigenvalue weighted by molar-refractivity contribution is 5.95. The van der Waals surface area contributed by atoms with Gasteiger partial charge >= 0.3 is 12.1 Å². The molecule has 9 heteroatoms. The topological polar surface area (TPSA) is 75.4 Å². The second-order valence-corrected chi connectivity index (χ2v) is 7.03. The molecule has 1 fully saturated rings. The van der Waals surface area contributed by atoms with Crippen molar-refractivity contribution in [3.05, 3.63) is 47.3 Å². The SMILES string of the molecule is CCC1CC(C)CN1C(=O)c1ccc(-n2ncc(C(=O)O)c2C(F)(F)F)cc1. The number of halogens is 3. The number of amides is 1. The first-order valence-electron chi connectivity index (χ1n) is 8.93. The summed E-state index contributed by atoms with van der Waals surface area (Å²) in [4.78, 5) is 25.7. The molecule has 1 N–H and O–H groups in total. The zero-order valence-corrected chi connectivity index (χ0v) is 15.4. The summed E-state index contributed by atoms with van der Waals surface area (Å²) in [5.74, 6) is -1.47. The molecule has 1 aromatic heterocycles. The Bertz CT molecular complexity index is 890. The third kappa shape index (κ3) is 3.61. The van der Waals surface area contributed by atoms with E-state index >= 15 is 0 Å². The molecule has 1 saturated heterocycles. The summed E-state index contributed by atoms with van der Waals surface area (Å²) in [6, 6.07) is 5.71. The minimum atomic E-state index is -4.89. The van der Waals surface area contributed by atoms with E-state index in [4.69, 9.17) is 5.11 Å². The summed E-state index contributed by atoms with van der Waals surface area (Å²) < 4.78 is 40.5. The Kier molecular flexibility index (Phi) is 5.18. The van der Waals surface area contributed by atoms with Crippen LogP contribution in [0.3, 0.4) is 0 Å². The third-order valence-corrected chi connectivity index (χ3v) is 4.98. The number of benzene rings is 1. The summed E-state index contributed by atoms with van der Waals surface area (Å²) >= 11 is 0. The number of carboxylic acid groups (broad SMARTS) is 1. The van der Waals surface area contributed by atoms with Gasteiger partial charge in [0.15, 0.2) is 5.69 Å². The number of rotatable bonds is 4. The van der Waals surface area contributed by atoms with Gasteiger partial charge in [0.2, 0.25) is 0 Å². The number of aromatic nitrogens is 2. The largest absolute Gasteiger partial charge is 0.478 e. The highest BCUT2D eigenvalue weighted by Gasteiger charge is 2.40. The maximum atomic E-state index is 13.3. The molecule has 1 aliphatic heterocycles. The molecule has 6 nitrogen and oxygen atoms in total. The van der Waals surface area contributed by atoms with Crippen molar-refractivity contribution in [2.45, 2.75) is 38.9 Å². The average Bonchev–Trinajstić information content (AvgIpc) is 3.24. The second-order valence-electron chi connectivity index (χ2n) is 7.03. The standard InChI is InChI=1S/C19H20F3N3O3/c1-3-13-8-11(2)10-24(13)17(26)12-4-6-14(7-5-12)25-16(19(20,21)22)15(9-23-25)18(27)28/h4-7,9,11,13H,3,8,10H2,1-2H3,(H,27,28). The Labute approximate surface area is 159 Å². The first-order chi connectivity index (χ1) is 13.1. The number of carboxylic acids is 1. The van der Waals surface area contributed by atoms with E-state index in [1.807, 2.05) is 6.92 Å². The summed E-state index contributed by atoms with van der Waals surface area (Å²) in [5, 5.41) is 12.6. The van der Waals surface area contributed by atoms with E-state index in [-0.39, 0.29) is 17.6 Å². The van der Waals surface area contributed by atoms with E-state index in [9.17, 15) is 22.8 Å². The van der Waals surface area contributed by atoms with Crippen LogP contribution < -0.4 is 0 Å². The van der Waals surface area contributed by atoms with Crippen LogP contribution in [-0.4, -0.2) is 44.3 Å². The van der Waals surface area contributed by atoms with Crippen LogP contribution in [0.15, 0.2) is 30.5 Å². The lowest BCUT2D eigenvalue weighted by atomic mass is 10.1. The van der Waals surface area contributed by atoms with E-state index in [1.54, 1.807) is 4.90 Å². The van der Waals surface area contributed by atoms with Crippen LogP contribution in [0.4, 0.5) is 13.2 Å². The van der Waals surface area contributed by atoms with E-state index in [0.717, 1.165) is 12.8 Å². The summed E-state index contributed by atoms with van der Waals surface area (Å²) in [6.07, 6.45) is -2.45. The lowest BCUT2D eigenvalue weighted by molar-refractivity contribution is -0.143. The molecule has 28 heavy (non-hydrogen) atoms. The third-order valence-electron chi connectivity index (χ3n) is 4.98. The van der Waals surface area contributed by atoms with Crippen molar-refractivity contribution in [2.24, 2.45) is 5.92 Å². The quantitative estimate of drug-likeness (QED) is 0.853. The van der Waals surface area contributed by atoms with Crippen LogP contribution in [-0.2, 0) is 6.18 Å². The maximum Gasteiger partial charge on any atom is 0.434 e. The minimum Gasteiger partial charge on any atom is -0.478 e. The van der Waals surface area contributed by atoms with Gasteiger partial charge in [0.05, 0.1) is 11.9 Å². The number of carbonyl (C=O) groups is 2. The average molecular weight is 395 g/mol. The molecule has 2 aromatic rings. The summed E-state index contributed by atoms with van der Waals surface area (Å²) in [7, 11) is 0. The fraction of sp³-hybridized carbons (Fsp3) is 0.421. The highest BCUT2D eigenvalue weighted by Crippen LogP contribution is 2.34. The van der Waals surface area contributed by atoms with Gasteiger partial charge in [-0.25, -0.2) is 9.48 Å². The molecule has 0 spiro atoms. The zero-order chi connectivity index (χ0) is 20.6. The number of hydrogen-bond donors (Lipinski definition) is 1. The molecule has 0 saturated carbocycles. The molecule has 2 heterocycles. The van der Waals surface area contributed by atoms with Crippen LogP contribution in [0.25, 0.3) is 5.69 Å². The highest BCUT2D eigenvalue weighted by atomic mass is 19.4. The van der Waals surface area contributed by atoms with Crippen molar-refractivity contribution >= 4 is 11.9 Å². The molecule has 0 radical (unpaired) electrons. The normalized spacial score (nSPS) is 19.8. The maximum absolute atomic E-state index is 13.3. The predicted molar refractivity (Wildman–Crippen MR) is 94.4 cm³/mol. The monoisotopic (exact) mass is 395 g/mol. The van der Waals surface area contributed by atoms with Gasteiger partial charge in [-0.15, -0.1) is 0 Å². The van der Waals surface area contributed by atoms with Gasteiger partial charge in [0.25, 0.3) is 5.91 Å². The lowest BCUT2D eigenvalue weighted by Crippen LogP contribution is -2.35. The summed E-state index contributed by atoms with van der Waals surface area (Å²) in [5.41, 5.74) is -1.89. The Morgan fingerprint density at radius 3 is 2.43 bits per heavy atom. The lowest BCUT2D eigenvalue weighted by Gasteiger charge is -2.23. The molecule has 0 bridgehead atoms. The van der Waals surface area contributed by atoms with E-state index in [0.29, 0.717) is 28.9 Å². The number of nitrogens with zero attached hydrogens (tertiary/aromatic N) is 3. The minimum absolute atomic E-state index is 0.0261. The molecular formula is C19H20F3N3O3. The Morgan fingerprint density at radius 2 is 1.89 bits per heavy atom. The van der Waals surface area contributed by atoms with E-state index in [1.165, 1.54) is 24.3 Å². The van der Waals surface area contributed by atoms with Crippen molar-refractivity contribution in [3.8, 4) is 5.69 Å². The van der Waals surface area contributed by atoms with Crippen molar-refractivity contribution in [1.82, 2.24) is 14.7 Å². The number of alkyl halides is 3. The molecule has 150 valence electrons. The van der Waals surface area contributed by atoms with Crippen molar-refractivity contribution < 1.29 is 27.9 Å². The van der Waals surface area contributed by atoms with Crippen molar-refractivity contribution in [3.63, 3.8) is 0 Å². The molecule has 2 atom stereocenters. The molecule has 0 aliphatic carbocycles. The fourth-order valence-corrected chi connectivity index (χ4v) is 3.67. The van der Waals surface area contributed by atoms with Crippen LogP contribution in [0, 0.1) is 5.92 Å². The molecule has 3 rings (SSSR count). The van der Waals surface area contributed by atoms with Crippen LogP contribution in [0.5, 0.6) is 0 Å². The predicted octanol–water partition coefficient (Wildman–Crippen LogP) is 3.85. The van der Waals surface area contributed by atoms with Crippen molar-refractivity contribution in [2.75, 3.05) is 6.54 Å². The van der Waals surface area contributed by atoms with Gasteiger partial charge in [0.1, 0.15) is 5.56 Å². The number of likely N-dealkylation sites (tertiary alicyclic amines) is 1. The van der Waals surface area contributed by atoms with Gasteiger partial charge in [-0.05, 0) is 43.0 Å².